The Bertz CT molecular complexity index is 944. The number of hydrogen-bond donors (Lipinski definition) is 2. The molecule has 2 aromatic carbocycles. The summed E-state index contributed by atoms with van der Waals surface area (Å²) in [4.78, 5) is 24.0. The largest absolute Gasteiger partial charge is 0.326 e. The first-order valence-corrected chi connectivity index (χ1v) is 8.78. The molecule has 0 aliphatic rings. The second-order valence-corrected chi connectivity index (χ2v) is 6.57. The molecule has 0 bridgehead atoms. The summed E-state index contributed by atoms with van der Waals surface area (Å²) in [6.45, 7) is 5.53. The molecule has 0 saturated carbocycles. The minimum Gasteiger partial charge on any atom is -0.326 e. The molecule has 0 radical (unpaired) electrons. The molecule has 0 spiro atoms. The minimum absolute atomic E-state index is 0.139. The SMILES string of the molecule is CC(=O)Nc1ccc(NC(=O)c2cc(C(C)C)nn2-c2ccccc2)cc1. The highest BCUT2D eigenvalue weighted by Crippen LogP contribution is 2.20. The lowest BCUT2D eigenvalue weighted by Crippen LogP contribution is -2.17. The zero-order chi connectivity index (χ0) is 19.4. The van der Waals surface area contributed by atoms with Crippen LogP contribution < -0.4 is 10.6 Å². The molecule has 27 heavy (non-hydrogen) atoms. The van der Waals surface area contributed by atoms with Gasteiger partial charge in [-0.3, -0.25) is 9.59 Å². The predicted octanol–water partition coefficient (Wildman–Crippen LogP) is 4.21. The number of aromatic nitrogens is 2. The summed E-state index contributed by atoms with van der Waals surface area (Å²) >= 11 is 0. The number of nitrogens with one attached hydrogen (secondary N) is 2. The van der Waals surface area contributed by atoms with Gasteiger partial charge in [0.25, 0.3) is 5.91 Å². The third-order valence-corrected chi connectivity index (χ3v) is 4.02. The van der Waals surface area contributed by atoms with Gasteiger partial charge in [0, 0.05) is 18.3 Å². The molecule has 3 aromatic rings. The average Bonchev–Trinajstić information content (AvgIpc) is 3.09. The normalized spacial score (nSPS) is 10.7. The molecular weight excluding hydrogens is 340 g/mol. The maximum Gasteiger partial charge on any atom is 0.274 e. The molecule has 0 fully saturated rings. The zero-order valence-electron chi connectivity index (χ0n) is 15.6. The molecule has 6 nitrogen and oxygen atoms in total. The number of para-hydroxylation sites is 1. The van der Waals surface area contributed by atoms with E-state index >= 15 is 0 Å². The lowest BCUT2D eigenvalue weighted by atomic mass is 10.1. The Hall–Kier alpha value is -3.41. The molecular formula is C21H22N4O2. The van der Waals surface area contributed by atoms with Crippen LogP contribution in [0.4, 0.5) is 11.4 Å². The van der Waals surface area contributed by atoms with Crippen LogP contribution in [0.2, 0.25) is 0 Å². The van der Waals surface area contributed by atoms with Crippen molar-refractivity contribution < 1.29 is 9.59 Å². The molecule has 3 rings (SSSR count). The van der Waals surface area contributed by atoms with E-state index in [1.54, 1.807) is 28.9 Å². The maximum absolute atomic E-state index is 12.9. The minimum atomic E-state index is -0.245. The molecule has 0 unspecified atom stereocenters. The Morgan fingerprint density at radius 3 is 2.07 bits per heavy atom. The van der Waals surface area contributed by atoms with Gasteiger partial charge in [0.05, 0.1) is 11.4 Å². The van der Waals surface area contributed by atoms with Crippen LogP contribution in [0.5, 0.6) is 0 Å². The van der Waals surface area contributed by atoms with Gasteiger partial charge in [-0.2, -0.15) is 5.10 Å². The van der Waals surface area contributed by atoms with Gasteiger partial charge in [0.2, 0.25) is 5.91 Å². The number of amides is 2. The first kappa shape index (κ1) is 18.4. The summed E-state index contributed by atoms with van der Waals surface area (Å²) in [6, 6.07) is 18.4. The number of nitrogens with zero attached hydrogens (tertiary/aromatic N) is 2. The number of carbonyl (C=O) groups is 2. The molecule has 0 saturated heterocycles. The summed E-state index contributed by atoms with van der Waals surface area (Å²) in [5, 5.41) is 10.2. The maximum atomic E-state index is 12.9. The molecule has 0 atom stereocenters. The second kappa shape index (κ2) is 7.86. The molecule has 6 heteroatoms. The molecule has 0 aliphatic carbocycles. The average molecular weight is 362 g/mol. The number of anilines is 2. The third kappa shape index (κ3) is 4.41. The Morgan fingerprint density at radius 1 is 0.926 bits per heavy atom. The number of carbonyl (C=O) groups excluding carboxylic acids is 2. The van der Waals surface area contributed by atoms with Crippen LogP contribution in [0.1, 0.15) is 42.9 Å². The zero-order valence-corrected chi connectivity index (χ0v) is 15.6. The van der Waals surface area contributed by atoms with E-state index < -0.39 is 0 Å². The van der Waals surface area contributed by atoms with E-state index in [4.69, 9.17) is 0 Å². The van der Waals surface area contributed by atoms with Gasteiger partial charge < -0.3 is 10.6 Å². The van der Waals surface area contributed by atoms with Crippen LogP contribution in [0.25, 0.3) is 5.69 Å². The Kier molecular flexibility index (Phi) is 5.35. The van der Waals surface area contributed by atoms with E-state index in [2.05, 4.69) is 15.7 Å². The van der Waals surface area contributed by atoms with Crippen molar-refractivity contribution >= 4 is 23.2 Å². The van der Waals surface area contributed by atoms with Crippen molar-refractivity contribution in [3.05, 3.63) is 72.1 Å². The highest BCUT2D eigenvalue weighted by atomic mass is 16.2. The van der Waals surface area contributed by atoms with Crippen LogP contribution in [-0.2, 0) is 4.79 Å². The van der Waals surface area contributed by atoms with Crippen LogP contribution in [0.15, 0.2) is 60.7 Å². The van der Waals surface area contributed by atoms with Gasteiger partial charge in [0.1, 0.15) is 5.69 Å². The van der Waals surface area contributed by atoms with Gasteiger partial charge in [-0.05, 0) is 48.4 Å². The molecule has 1 heterocycles. The Balaban J connectivity index is 1.87. The van der Waals surface area contributed by atoms with E-state index in [0.29, 0.717) is 17.1 Å². The third-order valence-electron chi connectivity index (χ3n) is 4.02. The van der Waals surface area contributed by atoms with E-state index in [0.717, 1.165) is 11.4 Å². The van der Waals surface area contributed by atoms with Gasteiger partial charge in [-0.15, -0.1) is 0 Å². The number of rotatable bonds is 5. The molecule has 138 valence electrons. The summed E-state index contributed by atoms with van der Waals surface area (Å²) in [7, 11) is 0. The van der Waals surface area contributed by atoms with Crippen LogP contribution in [-0.4, -0.2) is 21.6 Å². The monoisotopic (exact) mass is 362 g/mol. The fourth-order valence-corrected chi connectivity index (χ4v) is 2.64. The second-order valence-electron chi connectivity index (χ2n) is 6.57. The van der Waals surface area contributed by atoms with E-state index in [1.807, 2.05) is 50.2 Å². The molecule has 1 aromatic heterocycles. The van der Waals surface area contributed by atoms with Crippen molar-refractivity contribution in [2.24, 2.45) is 0 Å². The van der Waals surface area contributed by atoms with Gasteiger partial charge in [-0.25, -0.2) is 4.68 Å². The summed E-state index contributed by atoms with van der Waals surface area (Å²) < 4.78 is 1.66. The Labute approximate surface area is 158 Å². The van der Waals surface area contributed by atoms with Crippen molar-refractivity contribution in [2.45, 2.75) is 26.7 Å². The quantitative estimate of drug-likeness (QED) is 0.714. The van der Waals surface area contributed by atoms with Crippen molar-refractivity contribution in [1.29, 1.82) is 0 Å². The molecule has 2 N–H and O–H groups in total. The fraction of sp³-hybridized carbons (Fsp3) is 0.190. The van der Waals surface area contributed by atoms with E-state index in [1.165, 1.54) is 6.92 Å². The fourth-order valence-electron chi connectivity index (χ4n) is 2.64. The summed E-state index contributed by atoms with van der Waals surface area (Å²) in [6.07, 6.45) is 0. The number of hydrogen-bond acceptors (Lipinski definition) is 3. The standard InChI is InChI=1S/C21H22N4O2/c1-14(2)19-13-20(25(24-19)18-7-5-4-6-8-18)21(27)23-17-11-9-16(10-12-17)22-15(3)26/h4-14H,1-3H3,(H,22,26)(H,23,27). The van der Waals surface area contributed by atoms with Gasteiger partial charge in [0.15, 0.2) is 0 Å². The predicted molar refractivity (Wildman–Crippen MR) is 106 cm³/mol. The van der Waals surface area contributed by atoms with Crippen molar-refractivity contribution in [3.63, 3.8) is 0 Å². The van der Waals surface area contributed by atoms with Crippen LogP contribution >= 0.6 is 0 Å². The lowest BCUT2D eigenvalue weighted by Gasteiger charge is -2.09. The van der Waals surface area contributed by atoms with Crippen molar-refractivity contribution in [2.75, 3.05) is 10.6 Å². The topological polar surface area (TPSA) is 76.0 Å². The van der Waals surface area contributed by atoms with E-state index in [-0.39, 0.29) is 17.7 Å². The highest BCUT2D eigenvalue weighted by Gasteiger charge is 2.18. The van der Waals surface area contributed by atoms with Crippen LogP contribution in [0.3, 0.4) is 0 Å². The molecule has 0 aliphatic heterocycles. The number of benzene rings is 2. The van der Waals surface area contributed by atoms with Gasteiger partial charge in [-0.1, -0.05) is 32.0 Å². The smallest absolute Gasteiger partial charge is 0.274 e. The highest BCUT2D eigenvalue weighted by molar-refractivity contribution is 6.03. The first-order valence-electron chi connectivity index (χ1n) is 8.78. The van der Waals surface area contributed by atoms with Crippen molar-refractivity contribution in [1.82, 2.24) is 9.78 Å². The summed E-state index contributed by atoms with van der Waals surface area (Å²) in [5.74, 6) is -0.177. The first-order chi connectivity index (χ1) is 12.9. The van der Waals surface area contributed by atoms with Crippen molar-refractivity contribution in [3.8, 4) is 5.69 Å². The Morgan fingerprint density at radius 2 is 1.52 bits per heavy atom. The van der Waals surface area contributed by atoms with Gasteiger partial charge >= 0.3 is 0 Å². The summed E-state index contributed by atoms with van der Waals surface area (Å²) in [5.41, 5.74) is 3.47. The molecule has 2 amide bonds. The van der Waals surface area contributed by atoms with E-state index in [9.17, 15) is 9.59 Å². The van der Waals surface area contributed by atoms with Crippen LogP contribution in [0, 0.1) is 0 Å². The lowest BCUT2D eigenvalue weighted by molar-refractivity contribution is -0.114.